The molecular formula is C11H22BrNO. The minimum Gasteiger partial charge on any atom is -0.393 e. The monoisotopic (exact) mass is 263 g/mol. The van der Waals surface area contributed by atoms with Crippen molar-refractivity contribution < 1.29 is 5.11 Å². The summed E-state index contributed by atoms with van der Waals surface area (Å²) in [6, 6.07) is 0. The third kappa shape index (κ3) is 3.52. The average molecular weight is 264 g/mol. The van der Waals surface area contributed by atoms with E-state index in [1.54, 1.807) is 0 Å². The van der Waals surface area contributed by atoms with Gasteiger partial charge in [-0.1, -0.05) is 29.8 Å². The van der Waals surface area contributed by atoms with Gasteiger partial charge in [0.2, 0.25) is 0 Å². The normalized spacial score (nSPS) is 26.8. The summed E-state index contributed by atoms with van der Waals surface area (Å²) in [4.78, 5) is 2.47. The van der Waals surface area contributed by atoms with Crippen molar-refractivity contribution in [2.24, 2.45) is 11.3 Å². The zero-order valence-corrected chi connectivity index (χ0v) is 11.0. The summed E-state index contributed by atoms with van der Waals surface area (Å²) in [6.45, 7) is 9.79. The van der Waals surface area contributed by atoms with Crippen molar-refractivity contribution in [1.82, 2.24) is 4.90 Å². The van der Waals surface area contributed by atoms with Crippen LogP contribution in [0.3, 0.4) is 0 Å². The molecule has 0 aromatic rings. The molecule has 0 aromatic carbocycles. The Morgan fingerprint density at radius 2 is 2.21 bits per heavy atom. The molecule has 1 aliphatic rings. The number of aliphatic hydroxyl groups excluding tert-OH is 1. The molecule has 1 aliphatic heterocycles. The smallest absolute Gasteiger partial charge is 0.0552 e. The molecular weight excluding hydrogens is 242 g/mol. The van der Waals surface area contributed by atoms with Gasteiger partial charge in [-0.3, -0.25) is 0 Å². The van der Waals surface area contributed by atoms with E-state index in [1.807, 2.05) is 6.92 Å². The molecule has 0 amide bonds. The van der Waals surface area contributed by atoms with Crippen molar-refractivity contribution in [3.63, 3.8) is 0 Å². The Hall–Kier alpha value is 0.400. The highest BCUT2D eigenvalue weighted by Gasteiger charge is 2.29. The Morgan fingerprint density at radius 1 is 1.57 bits per heavy atom. The Bertz CT molecular complexity index is 182. The van der Waals surface area contributed by atoms with E-state index in [-0.39, 0.29) is 6.10 Å². The molecule has 1 N–H and O–H groups in total. The maximum Gasteiger partial charge on any atom is 0.0552 e. The molecule has 1 fully saturated rings. The maximum absolute atomic E-state index is 9.49. The van der Waals surface area contributed by atoms with Crippen LogP contribution in [0.4, 0.5) is 0 Å². The van der Waals surface area contributed by atoms with Crippen LogP contribution in [-0.4, -0.2) is 41.1 Å². The quantitative estimate of drug-likeness (QED) is 0.786. The first kappa shape index (κ1) is 12.5. The minimum atomic E-state index is -0.146. The summed E-state index contributed by atoms with van der Waals surface area (Å²) in [7, 11) is 0. The van der Waals surface area contributed by atoms with Crippen LogP contribution in [0.2, 0.25) is 0 Å². The Labute approximate surface area is 95.8 Å². The number of hydrogen-bond acceptors (Lipinski definition) is 2. The highest BCUT2D eigenvalue weighted by atomic mass is 79.9. The van der Waals surface area contributed by atoms with Crippen molar-refractivity contribution >= 4 is 15.9 Å². The number of hydrogen-bond donors (Lipinski definition) is 1. The van der Waals surface area contributed by atoms with Gasteiger partial charge in [-0.05, 0) is 31.2 Å². The second-order valence-corrected chi connectivity index (χ2v) is 5.88. The summed E-state index contributed by atoms with van der Waals surface area (Å²) < 4.78 is 0. The van der Waals surface area contributed by atoms with Gasteiger partial charge in [0.05, 0.1) is 6.10 Å². The molecule has 1 rings (SSSR count). The molecule has 1 heterocycles. The standard InChI is InChI=1S/C11H22BrNO/c1-9(14)10-4-5-13(6-10)8-11(2,3)7-12/h9-10,14H,4-8H2,1-3H3. The van der Waals surface area contributed by atoms with Gasteiger partial charge in [0.25, 0.3) is 0 Å². The molecule has 3 heteroatoms. The SMILES string of the molecule is CC(O)C1CCN(CC(C)(C)CBr)C1. The fraction of sp³-hybridized carbons (Fsp3) is 1.00. The molecule has 0 bridgehead atoms. The van der Waals surface area contributed by atoms with Crippen LogP contribution in [0.5, 0.6) is 0 Å². The zero-order valence-electron chi connectivity index (χ0n) is 9.46. The number of alkyl halides is 1. The van der Waals surface area contributed by atoms with Crippen molar-refractivity contribution in [3.8, 4) is 0 Å². The summed E-state index contributed by atoms with van der Waals surface area (Å²) >= 11 is 3.55. The summed E-state index contributed by atoms with van der Waals surface area (Å²) in [5, 5.41) is 10.5. The van der Waals surface area contributed by atoms with E-state index in [9.17, 15) is 5.11 Å². The first-order valence-corrected chi connectivity index (χ1v) is 6.53. The van der Waals surface area contributed by atoms with Crippen LogP contribution in [0.15, 0.2) is 0 Å². The zero-order chi connectivity index (χ0) is 10.8. The summed E-state index contributed by atoms with van der Waals surface area (Å²) in [6.07, 6.45) is 1.00. The number of halogens is 1. The predicted molar refractivity (Wildman–Crippen MR) is 63.8 cm³/mol. The first-order valence-electron chi connectivity index (χ1n) is 5.41. The van der Waals surface area contributed by atoms with Gasteiger partial charge in [-0.2, -0.15) is 0 Å². The Kier molecular flexibility index (Phi) is 4.41. The summed E-state index contributed by atoms with van der Waals surface area (Å²) in [5.74, 6) is 0.487. The lowest BCUT2D eigenvalue weighted by atomic mass is 9.96. The van der Waals surface area contributed by atoms with Crippen molar-refractivity contribution in [2.75, 3.05) is 25.0 Å². The van der Waals surface area contributed by atoms with Crippen LogP contribution in [0.1, 0.15) is 27.2 Å². The molecule has 0 aliphatic carbocycles. The van der Waals surface area contributed by atoms with Gasteiger partial charge in [0, 0.05) is 18.4 Å². The Balaban J connectivity index is 2.36. The van der Waals surface area contributed by atoms with Crippen molar-refractivity contribution in [3.05, 3.63) is 0 Å². The van der Waals surface area contributed by atoms with Crippen LogP contribution >= 0.6 is 15.9 Å². The van der Waals surface area contributed by atoms with E-state index < -0.39 is 0 Å². The van der Waals surface area contributed by atoms with E-state index >= 15 is 0 Å². The van der Waals surface area contributed by atoms with E-state index in [0.29, 0.717) is 11.3 Å². The van der Waals surface area contributed by atoms with Crippen LogP contribution < -0.4 is 0 Å². The highest BCUT2D eigenvalue weighted by molar-refractivity contribution is 9.09. The first-order chi connectivity index (χ1) is 6.44. The van der Waals surface area contributed by atoms with Gasteiger partial charge >= 0.3 is 0 Å². The van der Waals surface area contributed by atoms with Gasteiger partial charge < -0.3 is 10.0 Å². The molecule has 0 saturated carbocycles. The second kappa shape index (κ2) is 4.95. The second-order valence-electron chi connectivity index (χ2n) is 5.32. The lowest BCUT2D eigenvalue weighted by molar-refractivity contribution is 0.123. The van der Waals surface area contributed by atoms with Crippen LogP contribution in [0.25, 0.3) is 0 Å². The molecule has 1 saturated heterocycles. The molecule has 0 radical (unpaired) electrons. The number of rotatable bonds is 4. The van der Waals surface area contributed by atoms with Crippen LogP contribution in [-0.2, 0) is 0 Å². The molecule has 2 atom stereocenters. The Morgan fingerprint density at radius 3 is 2.64 bits per heavy atom. The third-order valence-electron chi connectivity index (χ3n) is 3.00. The lowest BCUT2D eigenvalue weighted by Gasteiger charge is -2.28. The lowest BCUT2D eigenvalue weighted by Crippen LogP contribution is -2.34. The molecule has 2 nitrogen and oxygen atoms in total. The largest absolute Gasteiger partial charge is 0.393 e. The molecule has 84 valence electrons. The topological polar surface area (TPSA) is 23.5 Å². The van der Waals surface area contributed by atoms with E-state index in [0.717, 1.165) is 31.4 Å². The molecule has 0 spiro atoms. The molecule has 14 heavy (non-hydrogen) atoms. The average Bonchev–Trinajstić information content (AvgIpc) is 2.52. The van der Waals surface area contributed by atoms with Gasteiger partial charge in [-0.25, -0.2) is 0 Å². The third-order valence-corrected chi connectivity index (χ3v) is 4.52. The van der Waals surface area contributed by atoms with Gasteiger partial charge in [0.15, 0.2) is 0 Å². The fourth-order valence-corrected chi connectivity index (χ4v) is 2.22. The number of nitrogens with zero attached hydrogens (tertiary/aromatic N) is 1. The van der Waals surface area contributed by atoms with E-state index in [4.69, 9.17) is 0 Å². The van der Waals surface area contributed by atoms with Crippen molar-refractivity contribution in [1.29, 1.82) is 0 Å². The minimum absolute atomic E-state index is 0.146. The van der Waals surface area contributed by atoms with E-state index in [1.165, 1.54) is 0 Å². The number of aliphatic hydroxyl groups is 1. The maximum atomic E-state index is 9.49. The molecule has 2 unspecified atom stereocenters. The fourth-order valence-electron chi connectivity index (χ4n) is 2.05. The number of likely N-dealkylation sites (tertiary alicyclic amines) is 1. The van der Waals surface area contributed by atoms with Crippen molar-refractivity contribution in [2.45, 2.75) is 33.3 Å². The van der Waals surface area contributed by atoms with Gasteiger partial charge in [0.1, 0.15) is 0 Å². The molecule has 0 aromatic heterocycles. The van der Waals surface area contributed by atoms with E-state index in [2.05, 4.69) is 34.7 Å². The predicted octanol–water partition coefficient (Wildman–Crippen LogP) is 2.11. The van der Waals surface area contributed by atoms with Crippen LogP contribution in [0, 0.1) is 11.3 Å². The highest BCUT2D eigenvalue weighted by Crippen LogP contribution is 2.25. The summed E-state index contributed by atoms with van der Waals surface area (Å²) in [5.41, 5.74) is 0.341. The van der Waals surface area contributed by atoms with Gasteiger partial charge in [-0.15, -0.1) is 0 Å².